The number of piperazine rings is 1. The fourth-order valence-corrected chi connectivity index (χ4v) is 4.44. The fourth-order valence-electron chi connectivity index (χ4n) is 4.44. The first-order valence-corrected chi connectivity index (χ1v) is 11.4. The van der Waals surface area contributed by atoms with E-state index in [1.165, 1.54) is 12.1 Å². The van der Waals surface area contributed by atoms with Crippen LogP contribution < -0.4 is 0 Å². The number of halogens is 1. The lowest BCUT2D eigenvalue weighted by atomic mass is 10.1. The van der Waals surface area contributed by atoms with Crippen LogP contribution in [0.25, 0.3) is 22.3 Å². The van der Waals surface area contributed by atoms with Gasteiger partial charge in [0.15, 0.2) is 0 Å². The molecule has 1 unspecified atom stereocenters. The number of amides is 1. The topological polar surface area (TPSA) is 103 Å². The molecule has 4 aromatic rings. The quantitative estimate of drug-likeness (QED) is 0.456. The predicted molar refractivity (Wildman–Crippen MR) is 125 cm³/mol. The number of aromatic hydroxyl groups is 1. The van der Waals surface area contributed by atoms with Crippen LogP contribution in [-0.4, -0.2) is 78.3 Å². The molecule has 1 amide bonds. The number of carbonyl (C=O) groups is 1. The van der Waals surface area contributed by atoms with E-state index in [0.29, 0.717) is 26.2 Å². The van der Waals surface area contributed by atoms with Crippen LogP contribution in [0.1, 0.15) is 29.7 Å². The second kappa shape index (κ2) is 9.22. The van der Waals surface area contributed by atoms with Gasteiger partial charge in [0.05, 0.1) is 23.5 Å². The number of nitrogens with one attached hydrogen (secondary N) is 1. The Kier molecular flexibility index (Phi) is 5.97. The van der Waals surface area contributed by atoms with Crippen LogP contribution in [0.5, 0.6) is 5.75 Å². The molecule has 0 radical (unpaired) electrons. The number of rotatable bonds is 6. The molecule has 34 heavy (non-hydrogen) atoms. The minimum atomic E-state index is -0.700. The summed E-state index contributed by atoms with van der Waals surface area (Å²) in [7, 11) is 0. The van der Waals surface area contributed by atoms with Crippen molar-refractivity contribution < 1.29 is 14.3 Å². The maximum atomic E-state index is 14.1. The van der Waals surface area contributed by atoms with Gasteiger partial charge in [0.2, 0.25) is 0 Å². The monoisotopic (exact) mass is 463 g/mol. The maximum Gasteiger partial charge on any atom is 0.256 e. The molecule has 5 rings (SSSR count). The van der Waals surface area contributed by atoms with Crippen molar-refractivity contribution in [2.45, 2.75) is 19.4 Å². The fraction of sp³-hybridized carbons (Fsp3) is 0.333. The number of hydrogen-bond donors (Lipinski definition) is 2. The zero-order valence-electron chi connectivity index (χ0n) is 18.9. The molecule has 0 bridgehead atoms. The van der Waals surface area contributed by atoms with Gasteiger partial charge in [-0.2, -0.15) is 5.10 Å². The number of benzene rings is 1. The SMILES string of the molecule is CCC(CN1CCN(C(=O)c2ccc(O)cc2F)CC1)n1cc(-c2ncnc3[nH]ccc23)cn1. The molecule has 1 atom stereocenters. The predicted octanol–water partition coefficient (Wildman–Crippen LogP) is 3.08. The van der Waals surface area contributed by atoms with E-state index in [2.05, 4.69) is 31.9 Å². The van der Waals surface area contributed by atoms with Crippen LogP contribution in [0, 0.1) is 5.82 Å². The van der Waals surface area contributed by atoms with Crippen molar-refractivity contribution in [3.63, 3.8) is 0 Å². The van der Waals surface area contributed by atoms with E-state index in [9.17, 15) is 14.3 Å². The third-order valence-electron chi connectivity index (χ3n) is 6.39. The van der Waals surface area contributed by atoms with Crippen LogP contribution in [-0.2, 0) is 0 Å². The number of phenols is 1. The van der Waals surface area contributed by atoms with Crippen molar-refractivity contribution in [2.75, 3.05) is 32.7 Å². The maximum absolute atomic E-state index is 14.1. The van der Waals surface area contributed by atoms with Gasteiger partial charge in [0.25, 0.3) is 5.91 Å². The lowest BCUT2D eigenvalue weighted by molar-refractivity contribution is 0.0611. The molecule has 9 nitrogen and oxygen atoms in total. The molecule has 1 aliphatic heterocycles. The molecule has 1 aromatic carbocycles. The molecule has 2 N–H and O–H groups in total. The minimum absolute atomic E-state index is 0.0111. The molecule has 0 saturated carbocycles. The number of nitrogens with zero attached hydrogens (tertiary/aromatic N) is 6. The first-order chi connectivity index (χ1) is 16.5. The van der Waals surface area contributed by atoms with Gasteiger partial charge in [-0.3, -0.25) is 14.4 Å². The summed E-state index contributed by atoms with van der Waals surface area (Å²) >= 11 is 0. The molecule has 3 aromatic heterocycles. The Morgan fingerprint density at radius 3 is 2.79 bits per heavy atom. The first kappa shape index (κ1) is 22.0. The summed E-state index contributed by atoms with van der Waals surface area (Å²) in [6, 6.07) is 5.77. The highest BCUT2D eigenvalue weighted by molar-refractivity contribution is 5.94. The van der Waals surface area contributed by atoms with Gasteiger partial charge in [0.1, 0.15) is 23.5 Å². The standard InChI is InChI=1S/C24H26FN7O2/c1-2-17(32-13-16(12-29-32)22-20-5-6-26-23(20)28-15-27-22)14-30-7-9-31(10-8-30)24(34)19-4-3-18(33)11-21(19)25/h3-6,11-13,15,17,33H,2,7-10,14H2,1H3,(H,26,27,28). The van der Waals surface area contributed by atoms with Crippen LogP contribution in [0.3, 0.4) is 0 Å². The first-order valence-electron chi connectivity index (χ1n) is 11.4. The number of aromatic nitrogens is 5. The molecular formula is C24H26FN7O2. The molecule has 176 valence electrons. The average molecular weight is 464 g/mol. The van der Waals surface area contributed by atoms with Crippen molar-refractivity contribution in [2.24, 2.45) is 0 Å². The molecule has 1 aliphatic rings. The van der Waals surface area contributed by atoms with Crippen molar-refractivity contribution in [3.8, 4) is 17.0 Å². The summed E-state index contributed by atoms with van der Waals surface area (Å²) in [5.74, 6) is -1.24. The molecule has 1 saturated heterocycles. The normalized spacial score (nSPS) is 15.6. The van der Waals surface area contributed by atoms with Crippen molar-refractivity contribution in [1.29, 1.82) is 0 Å². The lowest BCUT2D eigenvalue weighted by Crippen LogP contribution is -2.50. The smallest absolute Gasteiger partial charge is 0.256 e. The van der Waals surface area contributed by atoms with E-state index in [0.717, 1.165) is 41.3 Å². The summed E-state index contributed by atoms with van der Waals surface area (Å²) in [4.78, 5) is 28.5. The van der Waals surface area contributed by atoms with E-state index < -0.39 is 5.82 Å². The molecule has 1 fully saturated rings. The lowest BCUT2D eigenvalue weighted by Gasteiger charge is -2.36. The van der Waals surface area contributed by atoms with Crippen LogP contribution in [0.15, 0.2) is 49.2 Å². The Balaban J connectivity index is 1.23. The van der Waals surface area contributed by atoms with Gasteiger partial charge in [0, 0.05) is 62.1 Å². The Morgan fingerprint density at radius 2 is 2.03 bits per heavy atom. The van der Waals surface area contributed by atoms with Gasteiger partial charge >= 0.3 is 0 Å². The third-order valence-corrected chi connectivity index (χ3v) is 6.39. The van der Waals surface area contributed by atoms with E-state index in [4.69, 9.17) is 0 Å². The van der Waals surface area contributed by atoms with E-state index in [1.54, 1.807) is 11.2 Å². The van der Waals surface area contributed by atoms with E-state index in [1.807, 2.05) is 29.3 Å². The second-order valence-corrected chi connectivity index (χ2v) is 8.49. The number of fused-ring (bicyclic) bond motifs is 1. The Morgan fingerprint density at radius 1 is 1.21 bits per heavy atom. The highest BCUT2D eigenvalue weighted by Gasteiger charge is 2.26. The summed E-state index contributed by atoms with van der Waals surface area (Å²) in [6.07, 6.45) is 8.16. The molecule has 4 heterocycles. The molecule has 0 aliphatic carbocycles. The molecule has 10 heteroatoms. The summed E-state index contributed by atoms with van der Waals surface area (Å²) in [6.45, 7) is 5.38. The van der Waals surface area contributed by atoms with Crippen molar-refractivity contribution >= 4 is 16.9 Å². The number of H-pyrrole nitrogens is 1. The van der Waals surface area contributed by atoms with Gasteiger partial charge in [-0.1, -0.05) is 6.92 Å². The number of hydrogen-bond acceptors (Lipinski definition) is 6. The average Bonchev–Trinajstić information content (AvgIpc) is 3.52. The van der Waals surface area contributed by atoms with Crippen molar-refractivity contribution in [1.82, 2.24) is 34.5 Å². The van der Waals surface area contributed by atoms with Crippen LogP contribution >= 0.6 is 0 Å². The van der Waals surface area contributed by atoms with E-state index >= 15 is 0 Å². The Hall–Kier alpha value is -3.79. The number of phenolic OH excluding ortho intramolecular Hbond substituents is 1. The summed E-state index contributed by atoms with van der Waals surface area (Å²) < 4.78 is 16.1. The van der Waals surface area contributed by atoms with E-state index in [-0.39, 0.29) is 23.3 Å². The highest BCUT2D eigenvalue weighted by Crippen LogP contribution is 2.26. The third kappa shape index (κ3) is 4.24. The van der Waals surface area contributed by atoms with Crippen LogP contribution in [0.4, 0.5) is 4.39 Å². The van der Waals surface area contributed by atoms with Crippen molar-refractivity contribution in [3.05, 3.63) is 60.6 Å². The van der Waals surface area contributed by atoms with Gasteiger partial charge in [-0.05, 0) is 24.6 Å². The molecular weight excluding hydrogens is 437 g/mol. The summed E-state index contributed by atoms with van der Waals surface area (Å²) in [5, 5.41) is 15.0. The largest absolute Gasteiger partial charge is 0.508 e. The van der Waals surface area contributed by atoms with Gasteiger partial charge in [-0.15, -0.1) is 0 Å². The number of aromatic amines is 1. The minimum Gasteiger partial charge on any atom is -0.508 e. The Labute approximate surface area is 195 Å². The summed E-state index contributed by atoms with van der Waals surface area (Å²) in [5.41, 5.74) is 2.57. The second-order valence-electron chi connectivity index (χ2n) is 8.49. The molecule has 0 spiro atoms. The Bertz CT molecular complexity index is 1310. The highest BCUT2D eigenvalue weighted by atomic mass is 19.1. The zero-order valence-corrected chi connectivity index (χ0v) is 18.9. The van der Waals surface area contributed by atoms with Crippen LogP contribution in [0.2, 0.25) is 0 Å². The number of carbonyl (C=O) groups excluding carboxylic acids is 1. The van der Waals surface area contributed by atoms with Gasteiger partial charge < -0.3 is 15.0 Å². The zero-order chi connectivity index (χ0) is 23.7. The van der Waals surface area contributed by atoms with Gasteiger partial charge in [-0.25, -0.2) is 14.4 Å².